The summed E-state index contributed by atoms with van der Waals surface area (Å²) >= 11 is 0. The van der Waals surface area contributed by atoms with Crippen molar-refractivity contribution in [3.63, 3.8) is 0 Å². The quantitative estimate of drug-likeness (QED) is 0.449. The van der Waals surface area contributed by atoms with Crippen LogP contribution in [0.2, 0.25) is 0 Å². The van der Waals surface area contributed by atoms with E-state index in [9.17, 15) is 10.1 Å². The largest absolute Gasteiger partial charge is 0.381 e. The van der Waals surface area contributed by atoms with E-state index in [1.165, 1.54) is 0 Å². The highest BCUT2D eigenvalue weighted by Crippen LogP contribution is 2.22. The molecule has 0 spiro atoms. The topological polar surface area (TPSA) is 52.4 Å². The summed E-state index contributed by atoms with van der Waals surface area (Å²) < 4.78 is 5.10. The van der Waals surface area contributed by atoms with Crippen LogP contribution in [0.5, 0.6) is 0 Å². The summed E-state index contributed by atoms with van der Waals surface area (Å²) in [7, 11) is 1.66. The fourth-order valence-electron chi connectivity index (χ4n) is 1.49. The smallest absolute Gasteiger partial charge is 0.213 e. The molecular formula is C7H13NO3. The molecular weight excluding hydrogens is 146 g/mol. The van der Waals surface area contributed by atoms with Gasteiger partial charge in [0.15, 0.2) is 0 Å². The second kappa shape index (κ2) is 3.67. The average molecular weight is 159 g/mol. The molecule has 0 saturated heterocycles. The number of ether oxygens (including phenoxy) is 1. The lowest BCUT2D eigenvalue weighted by molar-refractivity contribution is -0.527. The minimum absolute atomic E-state index is 0.175. The maximum absolute atomic E-state index is 10.3. The van der Waals surface area contributed by atoms with Gasteiger partial charge in [-0.3, -0.25) is 10.1 Å². The van der Waals surface area contributed by atoms with Gasteiger partial charge in [0.05, 0.1) is 6.10 Å². The highest BCUT2D eigenvalue weighted by Gasteiger charge is 2.27. The van der Waals surface area contributed by atoms with Gasteiger partial charge in [0.2, 0.25) is 6.04 Å². The molecule has 1 rings (SSSR count). The summed E-state index contributed by atoms with van der Waals surface area (Å²) in [6.45, 7) is 0. The van der Waals surface area contributed by atoms with Crippen LogP contribution >= 0.6 is 0 Å². The Morgan fingerprint density at radius 1 is 1.36 bits per heavy atom. The molecule has 0 bridgehead atoms. The molecule has 0 aromatic rings. The zero-order valence-electron chi connectivity index (χ0n) is 6.66. The molecule has 0 N–H and O–H groups in total. The van der Waals surface area contributed by atoms with E-state index in [0.717, 1.165) is 12.8 Å². The first-order chi connectivity index (χ1) is 5.24. The number of rotatable bonds is 2. The zero-order valence-corrected chi connectivity index (χ0v) is 6.66. The van der Waals surface area contributed by atoms with Crippen LogP contribution in [0.4, 0.5) is 0 Å². The molecule has 0 unspecified atom stereocenters. The predicted octanol–water partition coefficient (Wildman–Crippen LogP) is 1.22. The van der Waals surface area contributed by atoms with Crippen molar-refractivity contribution in [1.29, 1.82) is 0 Å². The molecule has 4 nitrogen and oxygen atoms in total. The summed E-state index contributed by atoms with van der Waals surface area (Å²) in [4.78, 5) is 10.1. The van der Waals surface area contributed by atoms with Gasteiger partial charge in [-0.2, -0.15) is 0 Å². The molecule has 0 amide bonds. The Hall–Kier alpha value is -0.640. The highest BCUT2D eigenvalue weighted by atomic mass is 16.6. The molecule has 0 aliphatic heterocycles. The van der Waals surface area contributed by atoms with Gasteiger partial charge in [0, 0.05) is 24.9 Å². The molecule has 1 saturated carbocycles. The van der Waals surface area contributed by atoms with Crippen LogP contribution < -0.4 is 0 Å². The predicted molar refractivity (Wildman–Crippen MR) is 40.0 cm³/mol. The molecule has 0 heterocycles. The SMILES string of the molecule is CO[C@H]1CC[C@@H]([N+](=O)[O-])CC1. The summed E-state index contributed by atoms with van der Waals surface area (Å²) in [5.74, 6) is 0. The maximum atomic E-state index is 10.3. The van der Waals surface area contributed by atoms with Crippen LogP contribution in [-0.2, 0) is 4.74 Å². The Kier molecular flexibility index (Phi) is 2.82. The molecule has 0 aromatic carbocycles. The summed E-state index contributed by atoms with van der Waals surface area (Å²) in [6.07, 6.45) is 3.27. The lowest BCUT2D eigenvalue weighted by atomic mass is 9.93. The Bertz CT molecular complexity index is 141. The van der Waals surface area contributed by atoms with Gasteiger partial charge in [-0.25, -0.2) is 0 Å². The van der Waals surface area contributed by atoms with Crippen molar-refractivity contribution in [1.82, 2.24) is 0 Å². The van der Waals surface area contributed by atoms with E-state index < -0.39 is 0 Å². The number of nitrogens with zero attached hydrogens (tertiary/aromatic N) is 1. The lowest BCUT2D eigenvalue weighted by Gasteiger charge is -2.22. The Morgan fingerprint density at radius 3 is 2.27 bits per heavy atom. The van der Waals surface area contributed by atoms with Crippen molar-refractivity contribution in [2.75, 3.05) is 7.11 Å². The van der Waals surface area contributed by atoms with Crippen LogP contribution in [-0.4, -0.2) is 24.2 Å². The van der Waals surface area contributed by atoms with Crippen molar-refractivity contribution in [3.05, 3.63) is 10.1 Å². The van der Waals surface area contributed by atoms with Gasteiger partial charge in [0.25, 0.3) is 0 Å². The average Bonchev–Trinajstić information content (AvgIpc) is 2.05. The van der Waals surface area contributed by atoms with Gasteiger partial charge in [-0.05, 0) is 12.8 Å². The third-order valence-electron chi connectivity index (χ3n) is 2.28. The summed E-state index contributed by atoms with van der Waals surface area (Å²) in [5.41, 5.74) is 0. The van der Waals surface area contributed by atoms with Gasteiger partial charge in [0.1, 0.15) is 0 Å². The zero-order chi connectivity index (χ0) is 8.27. The van der Waals surface area contributed by atoms with E-state index in [4.69, 9.17) is 4.74 Å². The normalized spacial score (nSPS) is 31.7. The molecule has 64 valence electrons. The third-order valence-corrected chi connectivity index (χ3v) is 2.28. The number of hydrogen-bond donors (Lipinski definition) is 0. The molecule has 1 aliphatic rings. The molecule has 1 fully saturated rings. The second-order valence-electron chi connectivity index (χ2n) is 2.95. The fourth-order valence-corrected chi connectivity index (χ4v) is 1.49. The highest BCUT2D eigenvalue weighted by molar-refractivity contribution is 4.71. The number of hydrogen-bond acceptors (Lipinski definition) is 3. The molecule has 0 atom stereocenters. The van der Waals surface area contributed by atoms with Gasteiger partial charge >= 0.3 is 0 Å². The van der Waals surface area contributed by atoms with E-state index >= 15 is 0 Å². The third kappa shape index (κ3) is 2.15. The van der Waals surface area contributed by atoms with Gasteiger partial charge in [-0.15, -0.1) is 0 Å². The first-order valence-electron chi connectivity index (χ1n) is 3.90. The van der Waals surface area contributed by atoms with Crippen molar-refractivity contribution < 1.29 is 9.66 Å². The standard InChI is InChI=1S/C7H13NO3/c1-11-7-4-2-6(3-5-7)8(9)10/h6-7H,2-5H2,1H3/t6-,7+. The van der Waals surface area contributed by atoms with E-state index in [1.54, 1.807) is 7.11 Å². The fraction of sp³-hybridized carbons (Fsp3) is 1.00. The molecule has 1 aliphatic carbocycles. The molecule has 0 radical (unpaired) electrons. The Labute approximate surface area is 65.7 Å². The maximum Gasteiger partial charge on any atom is 0.213 e. The van der Waals surface area contributed by atoms with Crippen LogP contribution in [0.15, 0.2) is 0 Å². The van der Waals surface area contributed by atoms with Crippen molar-refractivity contribution >= 4 is 0 Å². The minimum atomic E-state index is -0.318. The summed E-state index contributed by atoms with van der Waals surface area (Å²) in [5, 5.41) is 10.3. The lowest BCUT2D eigenvalue weighted by Crippen LogP contribution is -2.29. The van der Waals surface area contributed by atoms with Crippen molar-refractivity contribution in [3.8, 4) is 0 Å². The monoisotopic (exact) mass is 159 g/mol. The van der Waals surface area contributed by atoms with Crippen LogP contribution in [0.1, 0.15) is 25.7 Å². The van der Waals surface area contributed by atoms with Crippen LogP contribution in [0.25, 0.3) is 0 Å². The number of methoxy groups -OCH3 is 1. The van der Waals surface area contributed by atoms with Gasteiger partial charge in [-0.1, -0.05) is 0 Å². The molecule has 4 heteroatoms. The molecule has 0 aromatic heterocycles. The number of nitro groups is 1. The Balaban J connectivity index is 2.30. The second-order valence-corrected chi connectivity index (χ2v) is 2.95. The van der Waals surface area contributed by atoms with E-state index in [-0.39, 0.29) is 17.1 Å². The van der Waals surface area contributed by atoms with Crippen molar-refractivity contribution in [2.24, 2.45) is 0 Å². The first-order valence-corrected chi connectivity index (χ1v) is 3.90. The van der Waals surface area contributed by atoms with Crippen molar-refractivity contribution in [2.45, 2.75) is 37.8 Å². The van der Waals surface area contributed by atoms with E-state index in [2.05, 4.69) is 0 Å². The van der Waals surface area contributed by atoms with Gasteiger partial charge < -0.3 is 4.74 Å². The van der Waals surface area contributed by atoms with E-state index in [1.807, 2.05) is 0 Å². The minimum Gasteiger partial charge on any atom is -0.381 e. The van der Waals surface area contributed by atoms with E-state index in [0.29, 0.717) is 12.8 Å². The van der Waals surface area contributed by atoms with Crippen LogP contribution in [0.3, 0.4) is 0 Å². The molecule has 11 heavy (non-hydrogen) atoms. The van der Waals surface area contributed by atoms with Crippen LogP contribution in [0, 0.1) is 10.1 Å². The Morgan fingerprint density at radius 2 is 1.91 bits per heavy atom. The summed E-state index contributed by atoms with van der Waals surface area (Å²) in [6, 6.07) is -0.318. The first kappa shape index (κ1) is 8.46.